The second-order valence-corrected chi connectivity index (χ2v) is 6.75. The summed E-state index contributed by atoms with van der Waals surface area (Å²) in [6.07, 6.45) is 3.40. The van der Waals surface area contributed by atoms with Crippen molar-refractivity contribution in [3.05, 3.63) is 34.4 Å². The molecule has 2 atom stereocenters. The lowest BCUT2D eigenvalue weighted by molar-refractivity contribution is 0.0835. The van der Waals surface area contributed by atoms with E-state index in [2.05, 4.69) is 46.8 Å². The van der Waals surface area contributed by atoms with Crippen molar-refractivity contribution in [2.75, 3.05) is 0 Å². The summed E-state index contributed by atoms with van der Waals surface area (Å²) in [5.41, 5.74) is 4.52. The quantitative estimate of drug-likeness (QED) is 0.692. The highest BCUT2D eigenvalue weighted by Gasteiger charge is 2.30. The molecule has 104 valence electrons. The molecular weight excluding hydrogens is 232 g/mol. The number of carbonyl (C=O) groups is 1. The van der Waals surface area contributed by atoms with Gasteiger partial charge >= 0.3 is 0 Å². The van der Waals surface area contributed by atoms with Crippen LogP contribution in [0, 0.1) is 38.5 Å². The first-order valence-electron chi connectivity index (χ1n) is 7.50. The van der Waals surface area contributed by atoms with Gasteiger partial charge in [-0.2, -0.15) is 0 Å². The molecule has 0 aromatic heterocycles. The second kappa shape index (κ2) is 5.48. The molecule has 1 heteroatoms. The van der Waals surface area contributed by atoms with Crippen LogP contribution < -0.4 is 0 Å². The third-order valence-corrected chi connectivity index (χ3v) is 4.47. The highest BCUT2D eigenvalue weighted by atomic mass is 16.1. The number of Topliss-reactive ketones (excluding diaryl/α,β-unsaturated/α-hetero) is 1. The SMILES string of the molecule is Cc1cc(C)c(C(=O)C2CC(C)CC(C)C2)c(C)c1. The van der Waals surface area contributed by atoms with E-state index >= 15 is 0 Å². The molecule has 0 spiro atoms. The lowest BCUT2D eigenvalue weighted by Gasteiger charge is -2.31. The summed E-state index contributed by atoms with van der Waals surface area (Å²) in [7, 11) is 0. The standard InChI is InChI=1S/C18H26O/c1-11-6-12(2)10-16(9-11)18(19)17-14(4)7-13(3)8-15(17)5/h7-8,11-12,16H,6,9-10H2,1-5H3. The van der Waals surface area contributed by atoms with Crippen molar-refractivity contribution >= 4 is 5.78 Å². The normalized spacial score (nSPS) is 27.3. The van der Waals surface area contributed by atoms with Crippen molar-refractivity contribution < 1.29 is 4.79 Å². The van der Waals surface area contributed by atoms with Gasteiger partial charge in [0.15, 0.2) is 5.78 Å². The minimum Gasteiger partial charge on any atom is -0.294 e. The zero-order valence-electron chi connectivity index (χ0n) is 12.9. The van der Waals surface area contributed by atoms with Gasteiger partial charge in [-0.05, 0) is 63.0 Å². The van der Waals surface area contributed by atoms with Gasteiger partial charge in [0, 0.05) is 11.5 Å². The molecule has 19 heavy (non-hydrogen) atoms. The van der Waals surface area contributed by atoms with E-state index in [0.29, 0.717) is 17.6 Å². The van der Waals surface area contributed by atoms with Crippen molar-refractivity contribution in [3.63, 3.8) is 0 Å². The molecule has 0 heterocycles. The van der Waals surface area contributed by atoms with Crippen LogP contribution in [0.2, 0.25) is 0 Å². The van der Waals surface area contributed by atoms with Gasteiger partial charge in [0.25, 0.3) is 0 Å². The summed E-state index contributed by atoms with van der Waals surface area (Å²) in [6, 6.07) is 4.27. The van der Waals surface area contributed by atoms with Crippen LogP contribution in [0.15, 0.2) is 12.1 Å². The number of benzene rings is 1. The summed E-state index contributed by atoms with van der Waals surface area (Å²) < 4.78 is 0. The largest absolute Gasteiger partial charge is 0.294 e. The van der Waals surface area contributed by atoms with Gasteiger partial charge in [0.1, 0.15) is 0 Å². The molecule has 0 N–H and O–H groups in total. The Labute approximate surface area is 117 Å². The molecule has 2 rings (SSSR count). The van der Waals surface area contributed by atoms with Crippen molar-refractivity contribution in [1.82, 2.24) is 0 Å². The molecular formula is C18H26O. The maximum absolute atomic E-state index is 12.8. The van der Waals surface area contributed by atoms with E-state index in [0.717, 1.165) is 29.5 Å². The number of aryl methyl sites for hydroxylation is 3. The first-order valence-corrected chi connectivity index (χ1v) is 7.50. The van der Waals surface area contributed by atoms with Crippen molar-refractivity contribution in [1.29, 1.82) is 0 Å². The average molecular weight is 258 g/mol. The van der Waals surface area contributed by atoms with Crippen LogP contribution in [-0.4, -0.2) is 5.78 Å². The van der Waals surface area contributed by atoms with E-state index in [4.69, 9.17) is 0 Å². The van der Waals surface area contributed by atoms with Gasteiger partial charge in [-0.25, -0.2) is 0 Å². The minimum atomic E-state index is 0.235. The van der Waals surface area contributed by atoms with Gasteiger partial charge in [0.05, 0.1) is 0 Å². The van der Waals surface area contributed by atoms with Gasteiger partial charge in [-0.15, -0.1) is 0 Å². The third-order valence-electron chi connectivity index (χ3n) is 4.47. The second-order valence-electron chi connectivity index (χ2n) is 6.75. The predicted octanol–water partition coefficient (Wildman–Crippen LogP) is 4.87. The Hall–Kier alpha value is -1.11. The van der Waals surface area contributed by atoms with Crippen LogP contribution in [0.5, 0.6) is 0 Å². The fraction of sp³-hybridized carbons (Fsp3) is 0.611. The molecule has 2 unspecified atom stereocenters. The number of carbonyl (C=O) groups excluding carboxylic acids is 1. The Balaban J connectivity index is 2.29. The molecule has 1 aromatic carbocycles. The molecule has 0 aliphatic heterocycles. The fourth-order valence-electron chi connectivity index (χ4n) is 3.93. The summed E-state index contributed by atoms with van der Waals surface area (Å²) in [5, 5.41) is 0. The van der Waals surface area contributed by atoms with Gasteiger partial charge in [-0.3, -0.25) is 4.79 Å². The molecule has 1 aliphatic carbocycles. The molecule has 1 saturated carbocycles. The Kier molecular flexibility index (Phi) is 4.13. The lowest BCUT2D eigenvalue weighted by atomic mass is 9.73. The Bertz CT molecular complexity index is 453. The molecule has 1 fully saturated rings. The molecule has 0 bridgehead atoms. The summed E-state index contributed by atoms with van der Waals surface area (Å²) in [6.45, 7) is 10.8. The van der Waals surface area contributed by atoms with E-state index in [1.807, 2.05) is 0 Å². The summed E-state index contributed by atoms with van der Waals surface area (Å²) in [5.74, 6) is 1.99. The molecule has 1 aliphatic rings. The van der Waals surface area contributed by atoms with E-state index in [9.17, 15) is 4.79 Å². The Morgan fingerprint density at radius 3 is 1.89 bits per heavy atom. The van der Waals surface area contributed by atoms with E-state index in [1.54, 1.807) is 0 Å². The number of hydrogen-bond acceptors (Lipinski definition) is 1. The topological polar surface area (TPSA) is 17.1 Å². The zero-order valence-corrected chi connectivity index (χ0v) is 12.9. The van der Waals surface area contributed by atoms with E-state index in [1.165, 1.54) is 12.0 Å². The Morgan fingerprint density at radius 1 is 0.947 bits per heavy atom. The third kappa shape index (κ3) is 3.08. The molecule has 1 aromatic rings. The monoisotopic (exact) mass is 258 g/mol. The van der Waals surface area contributed by atoms with Crippen molar-refractivity contribution in [3.8, 4) is 0 Å². The number of hydrogen-bond donors (Lipinski definition) is 0. The van der Waals surface area contributed by atoms with Crippen LogP contribution in [0.4, 0.5) is 0 Å². The van der Waals surface area contributed by atoms with Crippen LogP contribution in [0.3, 0.4) is 0 Å². The highest BCUT2D eigenvalue weighted by molar-refractivity contribution is 6.00. The van der Waals surface area contributed by atoms with Gasteiger partial charge in [0.2, 0.25) is 0 Å². The van der Waals surface area contributed by atoms with Crippen LogP contribution in [-0.2, 0) is 0 Å². The van der Waals surface area contributed by atoms with Gasteiger partial charge < -0.3 is 0 Å². The maximum atomic E-state index is 12.8. The summed E-state index contributed by atoms with van der Waals surface area (Å²) in [4.78, 5) is 12.8. The zero-order chi connectivity index (χ0) is 14.2. The van der Waals surface area contributed by atoms with Crippen LogP contribution in [0.25, 0.3) is 0 Å². The van der Waals surface area contributed by atoms with E-state index in [-0.39, 0.29) is 5.92 Å². The van der Waals surface area contributed by atoms with E-state index < -0.39 is 0 Å². The first kappa shape index (κ1) is 14.3. The number of ketones is 1. The smallest absolute Gasteiger partial charge is 0.166 e. The average Bonchev–Trinajstić information content (AvgIpc) is 2.25. The van der Waals surface area contributed by atoms with Crippen LogP contribution >= 0.6 is 0 Å². The highest BCUT2D eigenvalue weighted by Crippen LogP contribution is 2.35. The molecule has 0 radical (unpaired) electrons. The van der Waals surface area contributed by atoms with Crippen molar-refractivity contribution in [2.24, 2.45) is 17.8 Å². The Morgan fingerprint density at radius 2 is 1.42 bits per heavy atom. The molecule has 0 saturated heterocycles. The van der Waals surface area contributed by atoms with Crippen molar-refractivity contribution in [2.45, 2.75) is 53.9 Å². The number of rotatable bonds is 2. The minimum absolute atomic E-state index is 0.235. The predicted molar refractivity (Wildman–Crippen MR) is 80.7 cm³/mol. The maximum Gasteiger partial charge on any atom is 0.166 e. The summed E-state index contributed by atoms with van der Waals surface area (Å²) >= 11 is 0. The lowest BCUT2D eigenvalue weighted by Crippen LogP contribution is -2.27. The van der Waals surface area contributed by atoms with Crippen LogP contribution in [0.1, 0.15) is 60.2 Å². The van der Waals surface area contributed by atoms with Gasteiger partial charge in [-0.1, -0.05) is 31.5 Å². The molecule has 1 nitrogen and oxygen atoms in total. The molecule has 0 amide bonds. The first-order chi connectivity index (χ1) is 8.88. The fourth-order valence-corrected chi connectivity index (χ4v) is 3.93.